The molecule has 1 N–H and O–H groups in total. The number of carbonyl (C=O) groups excluding carboxylic acids is 3. The van der Waals surface area contributed by atoms with Crippen LogP contribution in [0.4, 0.5) is 5.69 Å². The number of nitrogens with one attached hydrogen (secondary N) is 1. The topological polar surface area (TPSA) is 94.8 Å². The second-order valence-corrected chi connectivity index (χ2v) is 6.28. The van der Waals surface area contributed by atoms with Crippen molar-refractivity contribution in [2.24, 2.45) is 0 Å². The van der Waals surface area contributed by atoms with Gasteiger partial charge in [-0.1, -0.05) is 23.7 Å². The number of carbonyl (C=O) groups is 3. The van der Waals surface area contributed by atoms with Crippen molar-refractivity contribution >= 4 is 35.1 Å². The Morgan fingerprint density at radius 2 is 1.69 bits per heavy atom. The van der Waals surface area contributed by atoms with Gasteiger partial charge >= 0.3 is 11.9 Å². The fraction of sp³-hybridized carbons (Fsp3) is 0.0952. The van der Waals surface area contributed by atoms with Crippen molar-refractivity contribution in [3.8, 4) is 0 Å². The standard InChI is InChI=1S/C21H16ClNO6/c1-27-21(26)18-11-10-15(29-18)12-28-20(25)16-4-2-3-5-17(16)23-19(24)13-6-8-14(22)9-7-13/h2-11H,12H2,1H3,(H,23,24). The van der Waals surface area contributed by atoms with E-state index in [-0.39, 0.29) is 23.7 Å². The number of hydrogen-bond donors (Lipinski definition) is 1. The van der Waals surface area contributed by atoms with E-state index in [9.17, 15) is 14.4 Å². The van der Waals surface area contributed by atoms with Crippen LogP contribution in [0, 0.1) is 0 Å². The molecular formula is C21H16ClNO6. The molecule has 0 saturated heterocycles. The molecule has 1 aromatic heterocycles. The molecule has 3 aromatic rings. The van der Waals surface area contributed by atoms with Gasteiger partial charge in [-0.15, -0.1) is 0 Å². The minimum atomic E-state index is -0.659. The molecule has 7 nitrogen and oxygen atoms in total. The predicted molar refractivity (Wildman–Crippen MR) is 105 cm³/mol. The normalized spacial score (nSPS) is 10.3. The highest BCUT2D eigenvalue weighted by Gasteiger charge is 2.17. The van der Waals surface area contributed by atoms with E-state index >= 15 is 0 Å². The number of ether oxygens (including phenoxy) is 2. The van der Waals surface area contributed by atoms with Gasteiger partial charge in [0.1, 0.15) is 12.4 Å². The summed E-state index contributed by atoms with van der Waals surface area (Å²) < 4.78 is 15.0. The van der Waals surface area contributed by atoms with Gasteiger partial charge in [0.25, 0.3) is 5.91 Å². The zero-order chi connectivity index (χ0) is 20.8. The first kappa shape index (κ1) is 20.2. The Hall–Kier alpha value is -3.58. The molecule has 0 saturated carbocycles. The minimum absolute atomic E-state index is 0.00850. The van der Waals surface area contributed by atoms with Gasteiger partial charge in [0.15, 0.2) is 0 Å². The van der Waals surface area contributed by atoms with Crippen LogP contribution in [0.1, 0.15) is 37.0 Å². The van der Waals surface area contributed by atoms with Gasteiger partial charge < -0.3 is 19.2 Å². The summed E-state index contributed by atoms with van der Waals surface area (Å²) in [7, 11) is 1.24. The summed E-state index contributed by atoms with van der Waals surface area (Å²) in [5.41, 5.74) is 0.866. The largest absolute Gasteiger partial charge is 0.463 e. The fourth-order valence-corrected chi connectivity index (χ4v) is 2.57. The first-order valence-electron chi connectivity index (χ1n) is 8.48. The molecule has 0 aliphatic rings. The van der Waals surface area contributed by atoms with Crippen LogP contribution in [0.15, 0.2) is 65.1 Å². The molecule has 0 spiro atoms. The lowest BCUT2D eigenvalue weighted by atomic mass is 10.1. The van der Waals surface area contributed by atoms with E-state index in [0.717, 1.165) is 0 Å². The minimum Gasteiger partial charge on any atom is -0.463 e. The highest BCUT2D eigenvalue weighted by atomic mass is 35.5. The van der Waals surface area contributed by atoms with E-state index in [2.05, 4.69) is 10.1 Å². The van der Waals surface area contributed by atoms with E-state index in [1.54, 1.807) is 42.5 Å². The summed E-state index contributed by atoms with van der Waals surface area (Å²) in [5, 5.41) is 3.20. The molecule has 0 unspecified atom stereocenters. The zero-order valence-corrected chi connectivity index (χ0v) is 16.1. The number of amides is 1. The van der Waals surface area contributed by atoms with Crippen LogP contribution in [0.3, 0.4) is 0 Å². The van der Waals surface area contributed by atoms with Crippen molar-refractivity contribution in [2.75, 3.05) is 12.4 Å². The summed E-state index contributed by atoms with van der Waals surface area (Å²) in [6.07, 6.45) is 0. The van der Waals surface area contributed by atoms with Crippen molar-refractivity contribution < 1.29 is 28.3 Å². The molecule has 1 heterocycles. The smallest absolute Gasteiger partial charge is 0.373 e. The number of benzene rings is 2. The molecule has 2 aromatic carbocycles. The Bertz CT molecular complexity index is 1040. The Morgan fingerprint density at radius 3 is 2.41 bits per heavy atom. The second-order valence-electron chi connectivity index (χ2n) is 5.84. The van der Waals surface area contributed by atoms with Crippen molar-refractivity contribution in [1.82, 2.24) is 0 Å². The lowest BCUT2D eigenvalue weighted by molar-refractivity contribution is 0.0439. The van der Waals surface area contributed by atoms with Crippen LogP contribution in [0.25, 0.3) is 0 Å². The molecule has 0 aliphatic carbocycles. The second kappa shape index (κ2) is 9.07. The van der Waals surface area contributed by atoms with Crippen LogP contribution >= 0.6 is 11.6 Å². The molecule has 0 radical (unpaired) electrons. The summed E-state index contributed by atoms with van der Waals surface area (Å²) in [4.78, 5) is 36.3. The van der Waals surface area contributed by atoms with Crippen LogP contribution in [-0.2, 0) is 16.1 Å². The first-order valence-corrected chi connectivity index (χ1v) is 8.86. The molecule has 0 bridgehead atoms. The van der Waals surface area contributed by atoms with Gasteiger partial charge in [-0.05, 0) is 48.5 Å². The van der Waals surface area contributed by atoms with Crippen molar-refractivity contribution in [1.29, 1.82) is 0 Å². The number of halogens is 1. The van der Waals surface area contributed by atoms with E-state index in [0.29, 0.717) is 16.3 Å². The molecule has 0 atom stereocenters. The van der Waals surface area contributed by atoms with Crippen LogP contribution in [0.2, 0.25) is 5.02 Å². The quantitative estimate of drug-likeness (QED) is 0.604. The third kappa shape index (κ3) is 5.03. The number of esters is 2. The SMILES string of the molecule is COC(=O)c1ccc(COC(=O)c2ccccc2NC(=O)c2ccc(Cl)cc2)o1. The van der Waals surface area contributed by atoms with Crippen LogP contribution in [0.5, 0.6) is 0 Å². The Labute approximate surface area is 171 Å². The fourth-order valence-electron chi connectivity index (χ4n) is 2.45. The van der Waals surface area contributed by atoms with Crippen molar-refractivity contribution in [2.45, 2.75) is 6.61 Å². The maximum atomic E-state index is 12.5. The van der Waals surface area contributed by atoms with Gasteiger partial charge in [-0.25, -0.2) is 9.59 Å². The highest BCUT2D eigenvalue weighted by molar-refractivity contribution is 6.30. The average Bonchev–Trinajstić information content (AvgIpc) is 3.21. The van der Waals surface area contributed by atoms with E-state index in [1.165, 1.54) is 25.3 Å². The Kier molecular flexibility index (Phi) is 6.31. The molecule has 0 fully saturated rings. The van der Waals surface area contributed by atoms with Crippen molar-refractivity contribution in [3.63, 3.8) is 0 Å². The van der Waals surface area contributed by atoms with Gasteiger partial charge in [0.2, 0.25) is 5.76 Å². The highest BCUT2D eigenvalue weighted by Crippen LogP contribution is 2.19. The number of furan rings is 1. The number of anilines is 1. The number of para-hydroxylation sites is 1. The maximum absolute atomic E-state index is 12.5. The molecule has 148 valence electrons. The molecule has 0 aliphatic heterocycles. The summed E-state index contributed by atoms with van der Waals surface area (Å²) in [6, 6.07) is 15.7. The number of methoxy groups -OCH3 is 1. The first-order chi connectivity index (χ1) is 14.0. The monoisotopic (exact) mass is 413 g/mol. The third-order valence-corrected chi connectivity index (χ3v) is 4.15. The van der Waals surface area contributed by atoms with Crippen molar-refractivity contribution in [3.05, 3.63) is 88.3 Å². The van der Waals surface area contributed by atoms with Crippen LogP contribution < -0.4 is 5.32 Å². The van der Waals surface area contributed by atoms with Gasteiger partial charge in [-0.2, -0.15) is 0 Å². The zero-order valence-electron chi connectivity index (χ0n) is 15.3. The lowest BCUT2D eigenvalue weighted by Crippen LogP contribution is -2.15. The average molecular weight is 414 g/mol. The van der Waals surface area contributed by atoms with Crippen LogP contribution in [-0.4, -0.2) is 25.0 Å². The summed E-state index contributed by atoms with van der Waals surface area (Å²) >= 11 is 5.83. The molecule has 1 amide bonds. The van der Waals surface area contributed by atoms with E-state index in [1.807, 2.05) is 0 Å². The molecule has 3 rings (SSSR count). The van der Waals surface area contributed by atoms with Gasteiger partial charge in [-0.3, -0.25) is 4.79 Å². The maximum Gasteiger partial charge on any atom is 0.373 e. The lowest BCUT2D eigenvalue weighted by Gasteiger charge is -2.10. The molecular weight excluding hydrogens is 398 g/mol. The molecule has 29 heavy (non-hydrogen) atoms. The molecule has 8 heteroatoms. The Morgan fingerprint density at radius 1 is 0.966 bits per heavy atom. The predicted octanol–water partition coefficient (Wildman–Crippen LogP) is 4.33. The third-order valence-electron chi connectivity index (χ3n) is 3.90. The Balaban J connectivity index is 1.68. The summed E-state index contributed by atoms with van der Waals surface area (Å²) in [5.74, 6) is -1.39. The van der Waals surface area contributed by atoms with E-state index < -0.39 is 17.8 Å². The van der Waals surface area contributed by atoms with Gasteiger partial charge in [0.05, 0.1) is 18.4 Å². The number of rotatable bonds is 6. The van der Waals surface area contributed by atoms with E-state index in [4.69, 9.17) is 20.8 Å². The summed E-state index contributed by atoms with van der Waals surface area (Å²) in [6.45, 7) is -0.185. The number of hydrogen-bond acceptors (Lipinski definition) is 6. The van der Waals surface area contributed by atoms with Gasteiger partial charge in [0, 0.05) is 10.6 Å².